The number of halogens is 1. The van der Waals surface area contributed by atoms with Gasteiger partial charge in [0.05, 0.1) is 16.4 Å². The Morgan fingerprint density at radius 2 is 2.00 bits per heavy atom. The molecule has 0 aromatic carbocycles. The Bertz CT molecular complexity index is 972. The number of pyridine rings is 1. The first-order chi connectivity index (χ1) is 11.8. The van der Waals surface area contributed by atoms with Gasteiger partial charge in [-0.1, -0.05) is 11.6 Å². The molecule has 25 heavy (non-hydrogen) atoms. The smallest absolute Gasteiger partial charge is 0.331 e. The maximum Gasteiger partial charge on any atom is 0.331 e. The van der Waals surface area contributed by atoms with Gasteiger partial charge in [-0.2, -0.15) is 5.10 Å². The minimum Gasteiger partial charge on any atom is -0.479 e. The molecule has 9 heteroatoms. The van der Waals surface area contributed by atoms with E-state index in [1.54, 1.807) is 43.5 Å². The summed E-state index contributed by atoms with van der Waals surface area (Å²) in [6.45, 7) is 5.07. The molecule has 0 saturated carbocycles. The molecule has 0 fully saturated rings. The van der Waals surface area contributed by atoms with Crippen molar-refractivity contribution in [2.24, 2.45) is 0 Å². The first kappa shape index (κ1) is 17.0. The number of nitrogens with one attached hydrogen (secondary N) is 2. The molecule has 3 heterocycles. The molecule has 1 atom stereocenters. The number of amides is 1. The lowest BCUT2D eigenvalue weighted by Gasteiger charge is -2.15. The monoisotopic (exact) mass is 361 g/mol. The molecule has 8 nitrogen and oxygen atoms in total. The molecule has 0 aliphatic heterocycles. The van der Waals surface area contributed by atoms with Gasteiger partial charge in [-0.05, 0) is 32.9 Å². The van der Waals surface area contributed by atoms with Gasteiger partial charge in [0.15, 0.2) is 6.04 Å². The molecule has 3 aromatic heterocycles. The fourth-order valence-corrected chi connectivity index (χ4v) is 3.01. The van der Waals surface area contributed by atoms with E-state index in [4.69, 9.17) is 11.6 Å². The molecule has 0 saturated heterocycles. The first-order valence-electron chi connectivity index (χ1n) is 7.49. The van der Waals surface area contributed by atoms with Crippen LogP contribution < -0.4 is 5.32 Å². The Balaban J connectivity index is 2.02. The van der Waals surface area contributed by atoms with E-state index in [0.717, 1.165) is 0 Å². The maximum atomic E-state index is 12.8. The summed E-state index contributed by atoms with van der Waals surface area (Å²) < 4.78 is 1.54. The van der Waals surface area contributed by atoms with Crippen LogP contribution in [0.2, 0.25) is 5.02 Å². The van der Waals surface area contributed by atoms with Crippen molar-refractivity contribution in [2.75, 3.05) is 0 Å². The summed E-state index contributed by atoms with van der Waals surface area (Å²) in [5.74, 6) is -1.73. The molecule has 0 spiro atoms. The second kappa shape index (κ2) is 6.21. The van der Waals surface area contributed by atoms with Gasteiger partial charge in [0.25, 0.3) is 5.91 Å². The van der Waals surface area contributed by atoms with Crippen molar-refractivity contribution in [3.05, 3.63) is 51.7 Å². The molecular weight excluding hydrogens is 346 g/mol. The highest BCUT2D eigenvalue weighted by Crippen LogP contribution is 2.22. The highest BCUT2D eigenvalue weighted by atomic mass is 35.5. The second-order valence-corrected chi connectivity index (χ2v) is 6.15. The molecule has 0 aliphatic carbocycles. The van der Waals surface area contributed by atoms with Crippen LogP contribution in [0.15, 0.2) is 18.3 Å². The van der Waals surface area contributed by atoms with Crippen molar-refractivity contribution in [1.29, 1.82) is 0 Å². The summed E-state index contributed by atoms with van der Waals surface area (Å²) >= 11 is 6.00. The third-order valence-corrected chi connectivity index (χ3v) is 4.19. The number of hydrogen-bond acceptors (Lipinski definition) is 4. The largest absolute Gasteiger partial charge is 0.479 e. The van der Waals surface area contributed by atoms with Crippen LogP contribution in [0.4, 0.5) is 0 Å². The number of aromatic amines is 1. The van der Waals surface area contributed by atoms with Gasteiger partial charge >= 0.3 is 5.97 Å². The summed E-state index contributed by atoms with van der Waals surface area (Å²) in [6, 6.07) is 2.13. The van der Waals surface area contributed by atoms with Gasteiger partial charge in [0.1, 0.15) is 11.3 Å². The van der Waals surface area contributed by atoms with Crippen LogP contribution in [0.3, 0.4) is 0 Å². The van der Waals surface area contributed by atoms with Gasteiger partial charge in [0.2, 0.25) is 0 Å². The number of nitrogens with zero attached hydrogens (tertiary/aromatic N) is 3. The Morgan fingerprint density at radius 3 is 2.60 bits per heavy atom. The number of imidazole rings is 1. The highest BCUT2D eigenvalue weighted by molar-refractivity contribution is 6.30. The van der Waals surface area contributed by atoms with Crippen LogP contribution in [0.25, 0.3) is 5.65 Å². The Morgan fingerprint density at radius 1 is 1.28 bits per heavy atom. The molecule has 130 valence electrons. The van der Waals surface area contributed by atoms with E-state index >= 15 is 0 Å². The second-order valence-electron chi connectivity index (χ2n) is 5.71. The summed E-state index contributed by atoms with van der Waals surface area (Å²) in [7, 11) is 0. The van der Waals surface area contributed by atoms with Crippen molar-refractivity contribution in [1.82, 2.24) is 24.9 Å². The van der Waals surface area contributed by atoms with Gasteiger partial charge in [0, 0.05) is 17.5 Å². The van der Waals surface area contributed by atoms with Crippen molar-refractivity contribution in [3.63, 3.8) is 0 Å². The molecule has 1 amide bonds. The standard InChI is InChI=1S/C16H16ClN5O3/c1-7-12(8(2)21-20-7)13(16(24)25)19-15(23)14-9(3)18-11-5-4-10(17)6-22(11)14/h4-6,13H,1-3H3,(H,19,23)(H,20,21)(H,24,25). The lowest BCUT2D eigenvalue weighted by molar-refractivity contribution is -0.139. The fraction of sp³-hybridized carbons (Fsp3) is 0.250. The number of carboxylic acid groups (broad SMARTS) is 1. The number of rotatable bonds is 4. The number of aryl methyl sites for hydroxylation is 3. The fourth-order valence-electron chi connectivity index (χ4n) is 2.85. The Labute approximate surface area is 147 Å². The summed E-state index contributed by atoms with van der Waals surface area (Å²) in [5, 5.41) is 19.3. The van der Waals surface area contributed by atoms with E-state index in [-0.39, 0.29) is 5.69 Å². The molecule has 3 N–H and O–H groups in total. The third kappa shape index (κ3) is 2.96. The Hall–Kier alpha value is -2.87. The van der Waals surface area contributed by atoms with Crippen LogP contribution in [0, 0.1) is 20.8 Å². The zero-order valence-electron chi connectivity index (χ0n) is 13.8. The topological polar surface area (TPSA) is 112 Å². The molecule has 3 aromatic rings. The number of carbonyl (C=O) groups is 2. The Kier molecular flexibility index (Phi) is 4.22. The van der Waals surface area contributed by atoms with Crippen LogP contribution in [-0.4, -0.2) is 36.6 Å². The maximum absolute atomic E-state index is 12.8. The van der Waals surface area contributed by atoms with Gasteiger partial charge in [-0.3, -0.25) is 14.3 Å². The minimum atomic E-state index is -1.23. The number of hydrogen-bond donors (Lipinski definition) is 3. The molecular formula is C16H16ClN5O3. The molecule has 0 aliphatic rings. The normalized spacial score (nSPS) is 12.3. The average molecular weight is 362 g/mol. The lowest BCUT2D eigenvalue weighted by atomic mass is 10.0. The first-order valence-corrected chi connectivity index (χ1v) is 7.86. The van der Waals surface area contributed by atoms with Crippen molar-refractivity contribution < 1.29 is 14.7 Å². The van der Waals surface area contributed by atoms with Crippen LogP contribution in [0.1, 0.15) is 39.2 Å². The van der Waals surface area contributed by atoms with Crippen molar-refractivity contribution in [3.8, 4) is 0 Å². The number of carbonyl (C=O) groups excluding carboxylic acids is 1. The number of aromatic nitrogens is 4. The van der Waals surface area contributed by atoms with E-state index in [1.165, 1.54) is 0 Å². The zero-order valence-corrected chi connectivity index (χ0v) is 14.5. The molecule has 3 rings (SSSR count). The van der Waals surface area contributed by atoms with Crippen LogP contribution in [-0.2, 0) is 4.79 Å². The SMILES string of the molecule is Cc1n[nH]c(C)c1C(NC(=O)c1c(C)nc2ccc(Cl)cn12)C(=O)O. The number of fused-ring (bicyclic) bond motifs is 1. The van der Waals surface area contributed by atoms with E-state index in [9.17, 15) is 14.7 Å². The van der Waals surface area contributed by atoms with Gasteiger partial charge in [-0.15, -0.1) is 0 Å². The molecule has 0 bridgehead atoms. The quantitative estimate of drug-likeness (QED) is 0.659. The predicted molar refractivity (Wildman–Crippen MR) is 90.8 cm³/mol. The van der Waals surface area contributed by atoms with E-state index in [2.05, 4.69) is 20.5 Å². The number of aliphatic carboxylic acids is 1. The van der Waals surface area contributed by atoms with Crippen LogP contribution >= 0.6 is 11.6 Å². The summed E-state index contributed by atoms with van der Waals surface area (Å²) in [4.78, 5) is 28.8. The molecule has 1 unspecified atom stereocenters. The number of carboxylic acids is 1. The summed E-state index contributed by atoms with van der Waals surface area (Å²) in [5.41, 5.74) is 2.80. The highest BCUT2D eigenvalue weighted by Gasteiger charge is 2.29. The molecule has 0 radical (unpaired) electrons. The predicted octanol–water partition coefficient (Wildman–Crippen LogP) is 2.19. The lowest BCUT2D eigenvalue weighted by Crippen LogP contribution is -2.35. The van der Waals surface area contributed by atoms with Crippen molar-refractivity contribution >= 4 is 29.1 Å². The third-order valence-electron chi connectivity index (χ3n) is 3.97. The zero-order chi connectivity index (χ0) is 18.3. The average Bonchev–Trinajstić information content (AvgIpc) is 3.03. The minimum absolute atomic E-state index is 0.238. The number of H-pyrrole nitrogens is 1. The van der Waals surface area contributed by atoms with Gasteiger partial charge in [-0.25, -0.2) is 9.78 Å². The van der Waals surface area contributed by atoms with E-state index < -0.39 is 17.9 Å². The summed E-state index contributed by atoms with van der Waals surface area (Å²) in [6.07, 6.45) is 1.57. The van der Waals surface area contributed by atoms with E-state index in [0.29, 0.717) is 33.3 Å². The van der Waals surface area contributed by atoms with Crippen LogP contribution in [0.5, 0.6) is 0 Å². The van der Waals surface area contributed by atoms with E-state index in [1.807, 2.05) is 0 Å². The van der Waals surface area contributed by atoms with Gasteiger partial charge < -0.3 is 10.4 Å². The van der Waals surface area contributed by atoms with Crippen molar-refractivity contribution in [2.45, 2.75) is 26.8 Å².